The number of ether oxygens (including phenoxy) is 2. The van der Waals surface area contributed by atoms with Gasteiger partial charge in [-0.3, -0.25) is 24.1 Å². The van der Waals surface area contributed by atoms with E-state index in [2.05, 4.69) is 10.3 Å². The van der Waals surface area contributed by atoms with Gasteiger partial charge in [-0.15, -0.1) is 11.8 Å². The molecule has 1 aromatic heterocycles. The number of fused-ring (bicyclic) bond motifs is 10. The summed E-state index contributed by atoms with van der Waals surface area (Å²) in [7, 11) is 0. The number of hydrogen-bond donors (Lipinski definition) is 2. The maximum Gasteiger partial charge on any atom is 0.416 e. The molecular weight excluding hydrogens is 740 g/mol. The third-order valence-corrected chi connectivity index (χ3v) is 13.8. The number of carbonyl (C=O) groups is 3. The minimum Gasteiger partial charge on any atom is -0.490 e. The van der Waals surface area contributed by atoms with Crippen LogP contribution in [0.1, 0.15) is 35.3 Å². The molecule has 3 fully saturated rings. The van der Waals surface area contributed by atoms with E-state index in [4.69, 9.17) is 9.47 Å². The first kappa shape index (κ1) is 34.7. The largest absolute Gasteiger partial charge is 0.490 e. The van der Waals surface area contributed by atoms with Gasteiger partial charge < -0.3 is 19.8 Å². The van der Waals surface area contributed by atoms with Gasteiger partial charge in [-0.1, -0.05) is 59.9 Å². The molecule has 2 N–H and O–H groups in total. The summed E-state index contributed by atoms with van der Waals surface area (Å²) in [4.78, 5) is 58.4. The Morgan fingerprint density at radius 1 is 0.907 bits per heavy atom. The first-order valence-corrected chi connectivity index (χ1v) is 19.3. The van der Waals surface area contributed by atoms with Gasteiger partial charge in [0.1, 0.15) is 0 Å². The molecule has 5 aromatic rings. The zero-order chi connectivity index (χ0) is 37.5. The van der Waals surface area contributed by atoms with E-state index >= 15 is 0 Å². The van der Waals surface area contributed by atoms with Crippen molar-refractivity contribution in [2.24, 2.45) is 29.6 Å². The van der Waals surface area contributed by atoms with E-state index in [1.54, 1.807) is 6.07 Å². The number of benzene rings is 4. The number of thioether (sulfide) groups is 1. The van der Waals surface area contributed by atoms with Gasteiger partial charge in [0.15, 0.2) is 18.1 Å². The molecular formula is C40H32F3N3O6S2. The van der Waals surface area contributed by atoms with E-state index in [1.165, 1.54) is 23.9 Å². The molecule has 14 heteroatoms. The number of carbonyl (C=O) groups excluding carboxylic acids is 3. The van der Waals surface area contributed by atoms with Crippen LogP contribution in [0.25, 0.3) is 10.8 Å². The number of H-pyrrole nitrogens is 1. The van der Waals surface area contributed by atoms with Crippen LogP contribution in [0.3, 0.4) is 0 Å². The van der Waals surface area contributed by atoms with Crippen LogP contribution in [0.5, 0.6) is 11.5 Å². The second-order valence-electron chi connectivity index (χ2n) is 14.0. The number of imide groups is 1. The number of hydrogen-bond acceptors (Lipinski definition) is 8. The number of aromatic nitrogens is 1. The quantitative estimate of drug-likeness (QED) is 0.155. The number of thiazole rings is 1. The van der Waals surface area contributed by atoms with Gasteiger partial charge in [-0.25, -0.2) is 0 Å². The third kappa shape index (κ3) is 5.60. The Kier molecular flexibility index (Phi) is 8.38. The fraction of sp³-hybridized carbons (Fsp3) is 0.300. The highest BCUT2D eigenvalue weighted by molar-refractivity contribution is 8.00. The van der Waals surface area contributed by atoms with Crippen LogP contribution < -0.4 is 24.6 Å². The van der Waals surface area contributed by atoms with Crippen LogP contribution in [0.2, 0.25) is 0 Å². The van der Waals surface area contributed by atoms with Crippen molar-refractivity contribution >= 4 is 63.0 Å². The SMILES string of the molecule is CCOc1cc([C@H]2c3sc(=O)[nH]c3SC3C4CC(C5C(=O)N(c6cccc(C(F)(F)F)c6)C(=O)C45)C32)ccc1OCC(=O)Nc1cccc2ccccc12. The normalized spacial score (nSPS) is 25.4. The van der Waals surface area contributed by atoms with Gasteiger partial charge >= 0.3 is 11.0 Å². The fourth-order valence-electron chi connectivity index (χ4n) is 9.24. The predicted octanol–water partition coefficient (Wildman–Crippen LogP) is 7.70. The number of anilines is 2. The lowest BCUT2D eigenvalue weighted by molar-refractivity contribution is -0.137. The summed E-state index contributed by atoms with van der Waals surface area (Å²) < 4.78 is 52.8. The Hall–Kier alpha value is -5.08. The summed E-state index contributed by atoms with van der Waals surface area (Å²) in [5, 5.41) is 5.42. The van der Waals surface area contributed by atoms with Crippen molar-refractivity contribution in [2.45, 2.75) is 35.7 Å². The van der Waals surface area contributed by atoms with Crippen LogP contribution in [0.15, 0.2) is 94.7 Å². The molecule has 3 heterocycles. The molecule has 6 unspecified atom stereocenters. The van der Waals surface area contributed by atoms with Gasteiger partial charge in [0.05, 0.1) is 34.7 Å². The maximum absolute atomic E-state index is 14.1. The van der Waals surface area contributed by atoms with E-state index in [0.717, 1.165) is 54.6 Å². The van der Waals surface area contributed by atoms with Crippen LogP contribution in [-0.2, 0) is 20.6 Å². The van der Waals surface area contributed by atoms with Gasteiger partial charge in [0.2, 0.25) is 11.8 Å². The van der Waals surface area contributed by atoms with Crippen LogP contribution in [0, 0.1) is 29.6 Å². The molecule has 0 radical (unpaired) electrons. The Balaban J connectivity index is 1.01. The summed E-state index contributed by atoms with van der Waals surface area (Å²) in [6.45, 7) is 1.87. The summed E-state index contributed by atoms with van der Waals surface area (Å²) in [6.07, 6.45) is -4.01. The van der Waals surface area contributed by atoms with Crippen molar-refractivity contribution in [1.29, 1.82) is 0 Å². The highest BCUT2D eigenvalue weighted by atomic mass is 32.2. The number of amides is 3. The molecule has 7 atom stereocenters. The van der Waals surface area contributed by atoms with Crippen molar-refractivity contribution < 1.29 is 37.0 Å². The maximum atomic E-state index is 14.1. The molecule has 276 valence electrons. The summed E-state index contributed by atoms with van der Waals surface area (Å²) >= 11 is 2.63. The topological polar surface area (TPSA) is 118 Å². The number of nitrogens with one attached hydrogen (secondary N) is 2. The van der Waals surface area contributed by atoms with Gasteiger partial charge in [0, 0.05) is 27.1 Å². The lowest BCUT2D eigenvalue weighted by Crippen LogP contribution is -2.42. The summed E-state index contributed by atoms with van der Waals surface area (Å²) in [6, 6.07) is 23.2. The lowest BCUT2D eigenvalue weighted by Gasteiger charge is -2.43. The third-order valence-electron chi connectivity index (χ3n) is 11.2. The molecule has 2 bridgehead atoms. The van der Waals surface area contributed by atoms with Crippen molar-refractivity contribution in [3.05, 3.63) is 111 Å². The van der Waals surface area contributed by atoms with E-state index in [0.29, 0.717) is 30.2 Å². The number of halogens is 3. The Morgan fingerprint density at radius 3 is 2.46 bits per heavy atom. The molecule has 4 aromatic carbocycles. The molecule has 2 aliphatic carbocycles. The Morgan fingerprint density at radius 2 is 1.67 bits per heavy atom. The average Bonchev–Trinajstić information content (AvgIpc) is 3.89. The highest BCUT2D eigenvalue weighted by Crippen LogP contribution is 2.69. The monoisotopic (exact) mass is 771 g/mol. The van der Waals surface area contributed by atoms with E-state index in [1.807, 2.05) is 61.5 Å². The molecule has 2 saturated carbocycles. The van der Waals surface area contributed by atoms with Gasteiger partial charge in [-0.2, -0.15) is 13.2 Å². The minimum atomic E-state index is -4.63. The smallest absolute Gasteiger partial charge is 0.416 e. The highest BCUT2D eigenvalue weighted by Gasteiger charge is 2.69. The van der Waals surface area contributed by atoms with Crippen molar-refractivity contribution in [1.82, 2.24) is 4.98 Å². The zero-order valence-electron chi connectivity index (χ0n) is 28.6. The molecule has 3 amide bonds. The van der Waals surface area contributed by atoms with Crippen LogP contribution >= 0.6 is 23.1 Å². The van der Waals surface area contributed by atoms with E-state index < -0.39 is 35.4 Å². The lowest BCUT2D eigenvalue weighted by atomic mass is 9.68. The molecule has 9 nitrogen and oxygen atoms in total. The predicted molar refractivity (Wildman–Crippen MR) is 198 cm³/mol. The van der Waals surface area contributed by atoms with Gasteiger partial charge in [-0.05, 0) is 78.4 Å². The number of aromatic amines is 1. The standard InChI is InChI=1S/C40H32F3N3O6S2/c1-2-51-28-15-20(13-14-27(28)52-18-29(47)44-26-12-5-8-19-7-3-4-11-23(19)26)30-31-24-17-25(34(31)53-36-35(30)54-39(50)45-36)33-32(24)37(48)46(38(33)49)22-10-6-9-21(16-22)40(41,42)43/h3-16,24-25,30-34H,2,17-18H2,1H3,(H,44,47)(H,45,50)/t24?,25?,30-,31?,32?,33?,34?/m1/s1. The zero-order valence-corrected chi connectivity index (χ0v) is 30.2. The molecule has 1 saturated heterocycles. The Bertz CT molecular complexity index is 2410. The van der Waals surface area contributed by atoms with Crippen molar-refractivity contribution in [3.63, 3.8) is 0 Å². The Labute approximate surface area is 314 Å². The molecule has 9 rings (SSSR count). The minimum absolute atomic E-state index is 0.0769. The van der Waals surface area contributed by atoms with Gasteiger partial charge in [0.25, 0.3) is 5.91 Å². The summed E-state index contributed by atoms with van der Waals surface area (Å²) in [5.41, 5.74) is 0.489. The van der Waals surface area contributed by atoms with Crippen LogP contribution in [-0.4, -0.2) is 41.2 Å². The molecule has 4 aliphatic rings. The average molecular weight is 772 g/mol. The fourth-order valence-corrected chi connectivity index (χ4v) is 12.1. The number of rotatable bonds is 8. The van der Waals surface area contributed by atoms with E-state index in [9.17, 15) is 32.3 Å². The van der Waals surface area contributed by atoms with E-state index in [-0.39, 0.29) is 52.0 Å². The number of nitrogens with zero attached hydrogens (tertiary/aromatic N) is 1. The van der Waals surface area contributed by atoms with Crippen molar-refractivity contribution in [3.8, 4) is 11.5 Å². The second-order valence-corrected chi connectivity index (χ2v) is 16.2. The summed E-state index contributed by atoms with van der Waals surface area (Å²) in [5.74, 6) is -2.81. The molecule has 0 spiro atoms. The second kappa shape index (κ2) is 13.0. The number of alkyl halides is 3. The molecule has 54 heavy (non-hydrogen) atoms. The molecule has 2 aliphatic heterocycles. The van der Waals surface area contributed by atoms with Crippen molar-refractivity contribution in [2.75, 3.05) is 23.4 Å². The first-order chi connectivity index (χ1) is 26.0. The van der Waals surface area contributed by atoms with Crippen LogP contribution in [0.4, 0.5) is 24.5 Å². The first-order valence-electron chi connectivity index (χ1n) is 17.6.